The Hall–Kier alpha value is -0.910. The number of aliphatic hydroxyl groups is 1. The number of nitrogens with one attached hydrogen (secondary N) is 1. The highest BCUT2D eigenvalue weighted by Crippen LogP contribution is 2.47. The molecule has 1 heterocycles. The van der Waals surface area contributed by atoms with Crippen molar-refractivity contribution in [2.45, 2.75) is 68.9 Å². The van der Waals surface area contributed by atoms with Crippen molar-refractivity contribution in [2.24, 2.45) is 5.92 Å². The highest BCUT2D eigenvalue weighted by molar-refractivity contribution is 7.10. The van der Waals surface area contributed by atoms with Crippen LogP contribution in [0.1, 0.15) is 67.7 Å². The van der Waals surface area contributed by atoms with Gasteiger partial charge >= 0.3 is 5.97 Å². The van der Waals surface area contributed by atoms with Gasteiger partial charge in [0.1, 0.15) is 0 Å². The molecule has 2 aliphatic rings. The largest absolute Gasteiger partial charge is 0.479 e. The number of hydrogen-bond donors (Lipinski definition) is 3. The summed E-state index contributed by atoms with van der Waals surface area (Å²) in [5, 5.41) is 26.3. The predicted octanol–water partition coefficient (Wildman–Crippen LogP) is 3.46. The summed E-state index contributed by atoms with van der Waals surface area (Å²) in [6.07, 6.45) is 8.03. The number of carbonyl (C=O) groups is 1. The Morgan fingerprint density at radius 1 is 1.22 bits per heavy atom. The number of carboxylic acids is 1. The molecule has 5 heteroatoms. The first-order chi connectivity index (χ1) is 11.1. The minimum absolute atomic E-state index is 0.147. The summed E-state index contributed by atoms with van der Waals surface area (Å²) in [5.41, 5.74) is -0.610. The van der Waals surface area contributed by atoms with Crippen molar-refractivity contribution in [3.8, 4) is 0 Å². The topological polar surface area (TPSA) is 69.6 Å². The minimum atomic E-state index is -1.69. The van der Waals surface area contributed by atoms with E-state index in [-0.39, 0.29) is 5.92 Å². The Morgan fingerprint density at radius 3 is 2.43 bits per heavy atom. The smallest absolute Gasteiger partial charge is 0.341 e. The fraction of sp³-hybridized carbons (Fsp3) is 0.722. The number of aliphatic carboxylic acids is 1. The molecule has 0 amide bonds. The van der Waals surface area contributed by atoms with Gasteiger partial charge in [-0.2, -0.15) is 0 Å². The van der Waals surface area contributed by atoms with E-state index in [1.807, 2.05) is 18.5 Å². The first-order valence-electron chi connectivity index (χ1n) is 8.78. The molecule has 0 saturated heterocycles. The third-order valence-corrected chi connectivity index (χ3v) is 6.94. The molecule has 0 aliphatic heterocycles. The van der Waals surface area contributed by atoms with Crippen molar-refractivity contribution in [2.75, 3.05) is 7.05 Å². The van der Waals surface area contributed by atoms with Crippen LogP contribution in [-0.4, -0.2) is 29.3 Å². The summed E-state index contributed by atoms with van der Waals surface area (Å²) < 4.78 is 0. The summed E-state index contributed by atoms with van der Waals surface area (Å²) in [6, 6.07) is 2.62. The van der Waals surface area contributed by atoms with Gasteiger partial charge in [0.2, 0.25) is 0 Å². The number of thiophene rings is 1. The predicted molar refractivity (Wildman–Crippen MR) is 91.9 cm³/mol. The molecule has 3 N–H and O–H groups in total. The van der Waals surface area contributed by atoms with Gasteiger partial charge in [-0.1, -0.05) is 12.8 Å². The zero-order valence-electron chi connectivity index (χ0n) is 13.8. The first-order valence-corrected chi connectivity index (χ1v) is 9.66. The zero-order valence-corrected chi connectivity index (χ0v) is 14.6. The molecule has 0 bridgehead atoms. The van der Waals surface area contributed by atoms with E-state index in [4.69, 9.17) is 0 Å². The molecule has 4 nitrogen and oxygen atoms in total. The van der Waals surface area contributed by atoms with Gasteiger partial charge in [0.15, 0.2) is 5.60 Å². The van der Waals surface area contributed by atoms with Crippen LogP contribution >= 0.6 is 11.3 Å². The molecule has 23 heavy (non-hydrogen) atoms. The van der Waals surface area contributed by atoms with Gasteiger partial charge in [-0.15, -0.1) is 11.3 Å². The van der Waals surface area contributed by atoms with Crippen LogP contribution in [0, 0.1) is 5.92 Å². The summed E-state index contributed by atoms with van der Waals surface area (Å²) in [4.78, 5) is 12.7. The van der Waals surface area contributed by atoms with E-state index in [0.29, 0.717) is 16.8 Å². The van der Waals surface area contributed by atoms with Crippen LogP contribution in [0.2, 0.25) is 0 Å². The minimum Gasteiger partial charge on any atom is -0.479 e. The maximum absolute atomic E-state index is 12.0. The molecule has 0 unspecified atom stereocenters. The van der Waals surface area contributed by atoms with E-state index >= 15 is 0 Å². The van der Waals surface area contributed by atoms with Crippen molar-refractivity contribution in [3.63, 3.8) is 0 Å². The SMILES string of the molecule is CN[C@H]1CC[C@H](c2ccsc2[C@@](O)(C(=O)O)C2CCCC2)CC1. The molecule has 2 fully saturated rings. The molecule has 0 aromatic carbocycles. The highest BCUT2D eigenvalue weighted by atomic mass is 32.1. The van der Waals surface area contributed by atoms with Crippen molar-refractivity contribution in [1.29, 1.82) is 0 Å². The molecule has 2 saturated carbocycles. The summed E-state index contributed by atoms with van der Waals surface area (Å²) in [5.74, 6) is -0.837. The Kier molecular flexibility index (Phi) is 5.09. The fourth-order valence-corrected chi connectivity index (χ4v) is 5.60. The van der Waals surface area contributed by atoms with Gasteiger partial charge in [-0.05, 0) is 68.5 Å². The molecule has 3 rings (SSSR count). The maximum Gasteiger partial charge on any atom is 0.341 e. The van der Waals surface area contributed by atoms with Gasteiger partial charge in [0.05, 0.1) is 4.88 Å². The van der Waals surface area contributed by atoms with Gasteiger partial charge in [-0.3, -0.25) is 0 Å². The Morgan fingerprint density at radius 2 is 1.87 bits per heavy atom. The molecular weight excluding hydrogens is 310 g/mol. The van der Waals surface area contributed by atoms with Crippen molar-refractivity contribution >= 4 is 17.3 Å². The fourth-order valence-electron chi connectivity index (χ4n) is 4.44. The maximum atomic E-state index is 12.0. The van der Waals surface area contributed by atoms with Gasteiger partial charge in [0, 0.05) is 12.0 Å². The lowest BCUT2D eigenvalue weighted by molar-refractivity contribution is -0.166. The van der Waals surface area contributed by atoms with Crippen molar-refractivity contribution in [1.82, 2.24) is 5.32 Å². The van der Waals surface area contributed by atoms with Crippen LogP contribution in [0.25, 0.3) is 0 Å². The van der Waals surface area contributed by atoms with E-state index in [2.05, 4.69) is 5.32 Å². The standard InChI is InChI=1S/C18H27NO3S/c1-19-14-8-6-12(7-9-14)15-10-11-23-16(15)18(22,17(20)21)13-4-2-3-5-13/h10-14,19,22H,2-9H2,1H3,(H,20,21)/t12-,14-,18-/m1/s1. The number of rotatable bonds is 5. The number of carboxylic acid groups (broad SMARTS) is 1. The normalized spacial score (nSPS) is 28.6. The second-order valence-electron chi connectivity index (χ2n) is 7.10. The molecule has 0 spiro atoms. The lowest BCUT2D eigenvalue weighted by atomic mass is 9.77. The van der Waals surface area contributed by atoms with Gasteiger partial charge < -0.3 is 15.5 Å². The first kappa shape index (κ1) is 16.9. The second kappa shape index (κ2) is 6.91. The third-order valence-electron chi connectivity index (χ3n) is 5.89. The van der Waals surface area contributed by atoms with E-state index < -0.39 is 11.6 Å². The summed E-state index contributed by atoms with van der Waals surface area (Å²) in [7, 11) is 2.00. The van der Waals surface area contributed by atoms with Gasteiger partial charge in [-0.25, -0.2) is 4.79 Å². The summed E-state index contributed by atoms with van der Waals surface area (Å²) >= 11 is 1.43. The molecule has 2 aliphatic carbocycles. The lowest BCUT2D eigenvalue weighted by Crippen LogP contribution is -2.42. The van der Waals surface area contributed by atoms with Crippen LogP contribution in [0.5, 0.6) is 0 Å². The van der Waals surface area contributed by atoms with Crippen LogP contribution in [-0.2, 0) is 10.4 Å². The molecule has 1 aromatic heterocycles. The molecule has 1 aromatic rings. The van der Waals surface area contributed by atoms with Crippen LogP contribution in [0.4, 0.5) is 0 Å². The average Bonchev–Trinajstić information content (AvgIpc) is 3.25. The highest BCUT2D eigenvalue weighted by Gasteiger charge is 2.49. The van der Waals surface area contributed by atoms with E-state index in [0.717, 1.165) is 56.9 Å². The van der Waals surface area contributed by atoms with Gasteiger partial charge in [0.25, 0.3) is 0 Å². The van der Waals surface area contributed by atoms with Crippen LogP contribution in [0.3, 0.4) is 0 Å². The van der Waals surface area contributed by atoms with Crippen molar-refractivity contribution < 1.29 is 15.0 Å². The van der Waals surface area contributed by atoms with Crippen LogP contribution < -0.4 is 5.32 Å². The Bertz CT molecular complexity index is 544. The zero-order chi connectivity index (χ0) is 16.4. The van der Waals surface area contributed by atoms with Crippen LogP contribution in [0.15, 0.2) is 11.4 Å². The van der Waals surface area contributed by atoms with E-state index in [9.17, 15) is 15.0 Å². The lowest BCUT2D eigenvalue weighted by Gasteiger charge is -2.33. The molecule has 0 radical (unpaired) electrons. The molecule has 1 atom stereocenters. The van der Waals surface area contributed by atoms with Crippen molar-refractivity contribution in [3.05, 3.63) is 21.9 Å². The molecule has 128 valence electrons. The monoisotopic (exact) mass is 337 g/mol. The van der Waals surface area contributed by atoms with E-state index in [1.54, 1.807) is 0 Å². The number of hydrogen-bond acceptors (Lipinski definition) is 4. The third kappa shape index (κ3) is 3.06. The summed E-state index contributed by atoms with van der Waals surface area (Å²) in [6.45, 7) is 0. The van der Waals surface area contributed by atoms with E-state index in [1.165, 1.54) is 11.3 Å². The Balaban J connectivity index is 1.88. The average molecular weight is 337 g/mol. The second-order valence-corrected chi connectivity index (χ2v) is 8.01. The molecular formula is C18H27NO3S. The quantitative estimate of drug-likeness (QED) is 0.769. The Labute approximate surface area is 141 Å².